The third-order valence-electron chi connectivity index (χ3n) is 3.03. The van der Waals surface area contributed by atoms with Gasteiger partial charge in [-0.15, -0.1) is 0 Å². The molecule has 1 nitrogen and oxygen atoms in total. The van der Waals surface area contributed by atoms with Gasteiger partial charge in [-0.3, -0.25) is 0 Å². The third kappa shape index (κ3) is 2.06. The van der Waals surface area contributed by atoms with Crippen LogP contribution in [-0.4, -0.2) is 4.57 Å². The Morgan fingerprint density at radius 3 is 2.72 bits per heavy atom. The minimum absolute atomic E-state index is 0.193. The molecule has 3 heteroatoms. The van der Waals surface area contributed by atoms with Gasteiger partial charge in [-0.05, 0) is 35.9 Å². The molecule has 90 valence electrons. The number of hydrogen-bond donors (Lipinski definition) is 0. The number of fused-ring (bicyclic) bond motifs is 1. The zero-order valence-electron chi connectivity index (χ0n) is 9.61. The quantitative estimate of drug-likeness (QED) is 0.652. The van der Waals surface area contributed by atoms with Crippen LogP contribution in [0, 0.1) is 5.82 Å². The maximum atomic E-state index is 13.1. The molecule has 0 fully saturated rings. The lowest BCUT2D eigenvalue weighted by molar-refractivity contribution is 0.629. The maximum absolute atomic E-state index is 13.1. The molecule has 3 rings (SSSR count). The summed E-state index contributed by atoms with van der Waals surface area (Å²) in [6.07, 6.45) is 1.99. The Bertz CT molecular complexity index is 703. The topological polar surface area (TPSA) is 4.93 Å². The molecular weight excluding hydrogens is 293 g/mol. The molecule has 0 N–H and O–H groups in total. The first-order chi connectivity index (χ1) is 8.74. The van der Waals surface area contributed by atoms with Crippen molar-refractivity contribution < 1.29 is 4.39 Å². The highest BCUT2D eigenvalue weighted by molar-refractivity contribution is 9.10. The summed E-state index contributed by atoms with van der Waals surface area (Å²) in [7, 11) is 0. The number of rotatable bonds is 2. The maximum Gasteiger partial charge on any atom is 0.123 e. The average Bonchev–Trinajstić information content (AvgIpc) is 2.74. The first kappa shape index (κ1) is 11.5. The highest BCUT2D eigenvalue weighted by Crippen LogP contribution is 2.21. The van der Waals surface area contributed by atoms with Gasteiger partial charge in [0.15, 0.2) is 0 Å². The van der Waals surface area contributed by atoms with E-state index >= 15 is 0 Å². The molecule has 0 aliphatic heterocycles. The molecule has 0 radical (unpaired) electrons. The van der Waals surface area contributed by atoms with Crippen LogP contribution in [0.2, 0.25) is 0 Å². The van der Waals surface area contributed by atoms with E-state index in [-0.39, 0.29) is 5.82 Å². The van der Waals surface area contributed by atoms with Crippen molar-refractivity contribution in [2.45, 2.75) is 6.54 Å². The Labute approximate surface area is 113 Å². The molecule has 0 spiro atoms. The summed E-state index contributed by atoms with van der Waals surface area (Å²) in [4.78, 5) is 0. The Hall–Kier alpha value is -1.61. The molecule has 1 heterocycles. The monoisotopic (exact) mass is 303 g/mol. The van der Waals surface area contributed by atoms with Gasteiger partial charge in [0.05, 0.1) is 0 Å². The SMILES string of the molecule is Fc1ccc2c(ccn2Cc2ccccc2Br)c1. The van der Waals surface area contributed by atoms with Crippen molar-refractivity contribution in [2.75, 3.05) is 0 Å². The van der Waals surface area contributed by atoms with Gasteiger partial charge >= 0.3 is 0 Å². The van der Waals surface area contributed by atoms with Crippen molar-refractivity contribution in [1.82, 2.24) is 4.57 Å². The van der Waals surface area contributed by atoms with E-state index in [2.05, 4.69) is 26.6 Å². The van der Waals surface area contributed by atoms with E-state index in [4.69, 9.17) is 0 Å². The van der Waals surface area contributed by atoms with E-state index in [0.29, 0.717) is 0 Å². The van der Waals surface area contributed by atoms with Crippen LogP contribution in [0.1, 0.15) is 5.56 Å². The molecule has 3 aromatic rings. The van der Waals surface area contributed by atoms with Crippen molar-refractivity contribution in [2.24, 2.45) is 0 Å². The highest BCUT2D eigenvalue weighted by atomic mass is 79.9. The third-order valence-corrected chi connectivity index (χ3v) is 3.81. The summed E-state index contributed by atoms with van der Waals surface area (Å²) in [5.74, 6) is -0.193. The fraction of sp³-hybridized carbons (Fsp3) is 0.0667. The molecule has 0 saturated carbocycles. The lowest BCUT2D eigenvalue weighted by Gasteiger charge is -2.07. The molecule has 1 aromatic heterocycles. The van der Waals surface area contributed by atoms with Gasteiger partial charge in [-0.1, -0.05) is 34.1 Å². The lowest BCUT2D eigenvalue weighted by Crippen LogP contribution is -1.98. The summed E-state index contributed by atoms with van der Waals surface area (Å²) in [6, 6.07) is 14.9. The molecule has 0 aliphatic carbocycles. The van der Waals surface area contributed by atoms with Gasteiger partial charge in [0.25, 0.3) is 0 Å². The Morgan fingerprint density at radius 1 is 1.06 bits per heavy atom. The predicted octanol–water partition coefficient (Wildman–Crippen LogP) is 4.59. The van der Waals surface area contributed by atoms with E-state index in [1.54, 1.807) is 6.07 Å². The van der Waals surface area contributed by atoms with Crippen molar-refractivity contribution in [3.63, 3.8) is 0 Å². The standard InChI is InChI=1S/C15H11BrFN/c16-14-4-2-1-3-12(14)10-18-8-7-11-9-13(17)5-6-15(11)18/h1-9H,10H2. The Balaban J connectivity index is 2.03. The van der Waals surface area contributed by atoms with Crippen LogP contribution in [-0.2, 0) is 6.54 Å². The Kier molecular flexibility index (Phi) is 2.92. The van der Waals surface area contributed by atoms with Gasteiger partial charge in [0.1, 0.15) is 5.82 Å². The first-order valence-corrected chi connectivity index (χ1v) is 6.51. The van der Waals surface area contributed by atoms with Gasteiger partial charge < -0.3 is 4.57 Å². The minimum atomic E-state index is -0.193. The molecule has 0 amide bonds. The predicted molar refractivity (Wildman–Crippen MR) is 75.1 cm³/mol. The second-order valence-electron chi connectivity index (χ2n) is 4.24. The van der Waals surface area contributed by atoms with E-state index in [0.717, 1.165) is 21.9 Å². The summed E-state index contributed by atoms with van der Waals surface area (Å²) in [6.45, 7) is 0.774. The lowest BCUT2D eigenvalue weighted by atomic mass is 10.2. The zero-order chi connectivity index (χ0) is 12.5. The van der Waals surface area contributed by atoms with E-state index in [1.807, 2.05) is 36.5 Å². The van der Waals surface area contributed by atoms with Crippen LogP contribution in [0.5, 0.6) is 0 Å². The van der Waals surface area contributed by atoms with Crippen LogP contribution in [0.3, 0.4) is 0 Å². The zero-order valence-corrected chi connectivity index (χ0v) is 11.2. The smallest absolute Gasteiger partial charge is 0.123 e. The van der Waals surface area contributed by atoms with Crippen molar-refractivity contribution in [3.8, 4) is 0 Å². The molecular formula is C15H11BrFN. The van der Waals surface area contributed by atoms with E-state index < -0.39 is 0 Å². The number of nitrogens with zero attached hydrogens (tertiary/aromatic N) is 1. The van der Waals surface area contributed by atoms with Crippen LogP contribution in [0.15, 0.2) is 59.2 Å². The van der Waals surface area contributed by atoms with Gasteiger partial charge in [-0.25, -0.2) is 4.39 Å². The molecule has 0 saturated heterocycles. The number of halogens is 2. The first-order valence-electron chi connectivity index (χ1n) is 5.72. The molecule has 0 atom stereocenters. The fourth-order valence-corrected chi connectivity index (χ4v) is 2.53. The minimum Gasteiger partial charge on any atom is -0.343 e. The summed E-state index contributed by atoms with van der Waals surface area (Å²) >= 11 is 3.54. The van der Waals surface area contributed by atoms with Crippen molar-refractivity contribution >= 4 is 26.8 Å². The fourth-order valence-electron chi connectivity index (χ4n) is 2.12. The van der Waals surface area contributed by atoms with Gasteiger partial charge in [0.2, 0.25) is 0 Å². The van der Waals surface area contributed by atoms with E-state index in [9.17, 15) is 4.39 Å². The van der Waals surface area contributed by atoms with E-state index in [1.165, 1.54) is 11.6 Å². The van der Waals surface area contributed by atoms with Crippen LogP contribution >= 0.6 is 15.9 Å². The second kappa shape index (κ2) is 4.58. The number of benzene rings is 2. The Morgan fingerprint density at radius 2 is 1.89 bits per heavy atom. The largest absolute Gasteiger partial charge is 0.343 e. The molecule has 2 aromatic carbocycles. The van der Waals surface area contributed by atoms with Crippen molar-refractivity contribution in [3.05, 3.63) is 70.6 Å². The summed E-state index contributed by atoms with van der Waals surface area (Å²) in [5, 5.41) is 0.932. The van der Waals surface area contributed by atoms with Gasteiger partial charge in [-0.2, -0.15) is 0 Å². The normalized spacial score (nSPS) is 11.0. The van der Waals surface area contributed by atoms with Gasteiger partial charge in [0, 0.05) is 28.1 Å². The van der Waals surface area contributed by atoms with Crippen LogP contribution in [0.25, 0.3) is 10.9 Å². The van der Waals surface area contributed by atoms with Crippen LogP contribution < -0.4 is 0 Å². The summed E-state index contributed by atoms with van der Waals surface area (Å²) < 4.78 is 16.3. The molecule has 0 aliphatic rings. The second-order valence-corrected chi connectivity index (χ2v) is 5.09. The molecule has 18 heavy (non-hydrogen) atoms. The average molecular weight is 304 g/mol. The highest BCUT2D eigenvalue weighted by Gasteiger charge is 2.04. The number of aromatic nitrogens is 1. The summed E-state index contributed by atoms with van der Waals surface area (Å²) in [5.41, 5.74) is 2.26. The molecule has 0 unspecified atom stereocenters. The number of hydrogen-bond acceptors (Lipinski definition) is 0. The molecule has 0 bridgehead atoms. The van der Waals surface area contributed by atoms with Crippen molar-refractivity contribution in [1.29, 1.82) is 0 Å². The van der Waals surface area contributed by atoms with Crippen LogP contribution in [0.4, 0.5) is 4.39 Å².